The lowest BCUT2D eigenvalue weighted by Crippen LogP contribution is -2.50. The second kappa shape index (κ2) is 6.56. The molecule has 1 saturated heterocycles. The number of piperazine rings is 1. The first kappa shape index (κ1) is 15.1. The van der Waals surface area contributed by atoms with Crippen molar-refractivity contribution in [2.75, 3.05) is 26.2 Å². The highest BCUT2D eigenvalue weighted by molar-refractivity contribution is 5.99. The molecule has 6 nitrogen and oxygen atoms in total. The average Bonchev–Trinajstić information content (AvgIpc) is 2.62. The highest BCUT2D eigenvalue weighted by atomic mass is 16.2. The number of rotatable bonds is 2. The first-order valence-electron chi connectivity index (χ1n) is 7.57. The molecule has 0 unspecified atom stereocenters. The Morgan fingerprint density at radius 1 is 1.00 bits per heavy atom. The zero-order valence-corrected chi connectivity index (χ0v) is 13.0. The van der Waals surface area contributed by atoms with Gasteiger partial charge in [0.15, 0.2) is 0 Å². The number of carbonyl (C=O) groups is 2. The predicted molar refractivity (Wildman–Crippen MR) is 85.6 cm³/mol. The van der Waals surface area contributed by atoms with Gasteiger partial charge in [0.25, 0.3) is 5.91 Å². The third-order valence-electron chi connectivity index (χ3n) is 4.00. The van der Waals surface area contributed by atoms with Crippen LogP contribution < -0.4 is 0 Å². The number of hydrogen-bond donors (Lipinski definition) is 0. The molecule has 2 heterocycles. The van der Waals surface area contributed by atoms with Gasteiger partial charge in [0.1, 0.15) is 6.33 Å². The summed E-state index contributed by atoms with van der Waals surface area (Å²) in [5.41, 5.74) is 2.02. The molecule has 6 heteroatoms. The molecule has 1 fully saturated rings. The summed E-state index contributed by atoms with van der Waals surface area (Å²) < 4.78 is 0. The molecule has 118 valence electrons. The molecule has 0 bridgehead atoms. The van der Waals surface area contributed by atoms with Crippen LogP contribution in [0.2, 0.25) is 0 Å². The van der Waals surface area contributed by atoms with Crippen molar-refractivity contribution in [3.05, 3.63) is 48.4 Å². The largest absolute Gasteiger partial charge is 0.339 e. The lowest BCUT2D eigenvalue weighted by molar-refractivity contribution is -0.130. The van der Waals surface area contributed by atoms with Gasteiger partial charge in [-0.25, -0.2) is 9.97 Å². The molecule has 0 N–H and O–H groups in total. The minimum absolute atomic E-state index is 0.0464. The van der Waals surface area contributed by atoms with Gasteiger partial charge >= 0.3 is 0 Å². The maximum atomic E-state index is 12.8. The minimum Gasteiger partial charge on any atom is -0.339 e. The molecule has 2 amide bonds. The summed E-state index contributed by atoms with van der Waals surface area (Å²) in [6.07, 6.45) is 3.02. The first-order chi connectivity index (χ1) is 11.2. The van der Waals surface area contributed by atoms with Crippen LogP contribution in [0.1, 0.15) is 17.3 Å². The smallest absolute Gasteiger partial charge is 0.257 e. The normalized spacial score (nSPS) is 14.7. The van der Waals surface area contributed by atoms with Crippen LogP contribution in [0, 0.1) is 0 Å². The molecule has 0 saturated carbocycles. The van der Waals surface area contributed by atoms with E-state index < -0.39 is 0 Å². The molecule has 1 aromatic heterocycles. The Bertz CT molecular complexity index is 710. The van der Waals surface area contributed by atoms with Crippen molar-refractivity contribution in [1.29, 1.82) is 0 Å². The number of amides is 2. The molecular formula is C17H18N4O2. The van der Waals surface area contributed by atoms with Crippen molar-refractivity contribution in [1.82, 2.24) is 19.8 Å². The molecular weight excluding hydrogens is 292 g/mol. The maximum Gasteiger partial charge on any atom is 0.257 e. The van der Waals surface area contributed by atoms with E-state index in [4.69, 9.17) is 0 Å². The van der Waals surface area contributed by atoms with E-state index in [1.807, 2.05) is 30.3 Å². The van der Waals surface area contributed by atoms with Gasteiger partial charge in [0, 0.05) is 44.9 Å². The van der Waals surface area contributed by atoms with Crippen molar-refractivity contribution in [2.45, 2.75) is 6.92 Å². The Hall–Kier alpha value is -2.76. The van der Waals surface area contributed by atoms with E-state index >= 15 is 0 Å². The van der Waals surface area contributed by atoms with Crippen LogP contribution >= 0.6 is 0 Å². The van der Waals surface area contributed by atoms with Crippen LogP contribution in [0.4, 0.5) is 0 Å². The standard InChI is InChI=1S/C17H18N4O2/c1-13(22)20-7-9-21(10-8-20)17(23)15-11-18-12-19-16(15)14-5-3-2-4-6-14/h2-6,11-12H,7-10H2,1H3. The Kier molecular flexibility index (Phi) is 4.32. The van der Waals surface area contributed by atoms with E-state index in [-0.39, 0.29) is 11.8 Å². The molecule has 1 aliphatic heterocycles. The molecule has 23 heavy (non-hydrogen) atoms. The van der Waals surface area contributed by atoms with Crippen LogP contribution in [0.25, 0.3) is 11.3 Å². The summed E-state index contributed by atoms with van der Waals surface area (Å²) in [6, 6.07) is 9.60. The second-order valence-corrected chi connectivity index (χ2v) is 5.45. The van der Waals surface area contributed by atoms with Crippen molar-refractivity contribution >= 4 is 11.8 Å². The minimum atomic E-state index is -0.0901. The summed E-state index contributed by atoms with van der Waals surface area (Å²) in [6.45, 7) is 3.74. The van der Waals surface area contributed by atoms with Gasteiger partial charge in [0.05, 0.1) is 11.3 Å². The van der Waals surface area contributed by atoms with Crippen LogP contribution in [0.3, 0.4) is 0 Å². The van der Waals surface area contributed by atoms with Crippen molar-refractivity contribution < 1.29 is 9.59 Å². The fourth-order valence-electron chi connectivity index (χ4n) is 2.71. The Morgan fingerprint density at radius 2 is 1.65 bits per heavy atom. The van der Waals surface area contributed by atoms with Crippen molar-refractivity contribution in [3.63, 3.8) is 0 Å². The lowest BCUT2D eigenvalue weighted by atomic mass is 10.1. The number of benzene rings is 1. The monoisotopic (exact) mass is 310 g/mol. The van der Waals surface area contributed by atoms with Gasteiger partial charge in [0.2, 0.25) is 5.91 Å². The lowest BCUT2D eigenvalue weighted by Gasteiger charge is -2.34. The fourth-order valence-corrected chi connectivity index (χ4v) is 2.71. The molecule has 3 rings (SSSR count). The highest BCUT2D eigenvalue weighted by Gasteiger charge is 2.25. The van der Waals surface area contributed by atoms with Gasteiger partial charge in [-0.1, -0.05) is 30.3 Å². The molecule has 0 radical (unpaired) electrons. The number of carbonyl (C=O) groups excluding carboxylic acids is 2. The van der Waals surface area contributed by atoms with E-state index in [0.29, 0.717) is 37.4 Å². The second-order valence-electron chi connectivity index (χ2n) is 5.45. The predicted octanol–water partition coefficient (Wildman–Crippen LogP) is 1.45. The van der Waals surface area contributed by atoms with Gasteiger partial charge in [-0.3, -0.25) is 9.59 Å². The van der Waals surface area contributed by atoms with E-state index in [0.717, 1.165) is 5.56 Å². The van der Waals surface area contributed by atoms with Gasteiger partial charge < -0.3 is 9.80 Å². The van der Waals surface area contributed by atoms with E-state index in [1.165, 1.54) is 6.33 Å². The summed E-state index contributed by atoms with van der Waals surface area (Å²) in [5, 5.41) is 0. The van der Waals surface area contributed by atoms with Crippen LogP contribution in [0.15, 0.2) is 42.9 Å². The summed E-state index contributed by atoms with van der Waals surface area (Å²) in [4.78, 5) is 36.0. The zero-order chi connectivity index (χ0) is 16.2. The number of hydrogen-bond acceptors (Lipinski definition) is 4. The molecule has 1 aromatic carbocycles. The SMILES string of the molecule is CC(=O)N1CCN(C(=O)c2cncnc2-c2ccccc2)CC1. The van der Waals surface area contributed by atoms with Gasteiger partial charge in [-0.15, -0.1) is 0 Å². The molecule has 0 spiro atoms. The van der Waals surface area contributed by atoms with E-state index in [2.05, 4.69) is 9.97 Å². The average molecular weight is 310 g/mol. The van der Waals surface area contributed by atoms with Gasteiger partial charge in [-0.05, 0) is 0 Å². The Labute approximate surface area is 134 Å². The molecule has 1 aliphatic rings. The highest BCUT2D eigenvalue weighted by Crippen LogP contribution is 2.21. The third-order valence-corrected chi connectivity index (χ3v) is 4.00. The Morgan fingerprint density at radius 3 is 2.30 bits per heavy atom. The molecule has 2 aromatic rings. The van der Waals surface area contributed by atoms with Crippen molar-refractivity contribution in [2.24, 2.45) is 0 Å². The van der Waals surface area contributed by atoms with Crippen molar-refractivity contribution in [3.8, 4) is 11.3 Å². The van der Waals surface area contributed by atoms with E-state index in [1.54, 1.807) is 22.9 Å². The van der Waals surface area contributed by atoms with E-state index in [9.17, 15) is 9.59 Å². The summed E-state index contributed by atoms with van der Waals surface area (Å²) in [7, 11) is 0. The first-order valence-corrected chi connectivity index (χ1v) is 7.57. The molecule has 0 atom stereocenters. The Balaban J connectivity index is 1.83. The topological polar surface area (TPSA) is 66.4 Å². The number of nitrogens with zero attached hydrogens (tertiary/aromatic N) is 4. The zero-order valence-electron chi connectivity index (χ0n) is 13.0. The van der Waals surface area contributed by atoms with Gasteiger partial charge in [-0.2, -0.15) is 0 Å². The summed E-state index contributed by atoms with van der Waals surface area (Å²) in [5.74, 6) is -0.0437. The fraction of sp³-hybridized carbons (Fsp3) is 0.294. The quantitative estimate of drug-likeness (QED) is 0.842. The maximum absolute atomic E-state index is 12.8. The number of aromatic nitrogens is 2. The van der Waals surface area contributed by atoms with Crippen LogP contribution in [-0.2, 0) is 4.79 Å². The molecule has 0 aliphatic carbocycles. The summed E-state index contributed by atoms with van der Waals surface area (Å²) >= 11 is 0. The third kappa shape index (κ3) is 3.21. The van der Waals surface area contributed by atoms with Crippen LogP contribution in [0.5, 0.6) is 0 Å². The van der Waals surface area contributed by atoms with Crippen LogP contribution in [-0.4, -0.2) is 57.8 Å².